The number of H-pyrrole nitrogens is 1. The van der Waals surface area contributed by atoms with Crippen molar-refractivity contribution < 1.29 is 37.4 Å². The van der Waals surface area contributed by atoms with E-state index in [-0.39, 0.29) is 42.3 Å². The van der Waals surface area contributed by atoms with Crippen molar-refractivity contribution in [2.45, 2.75) is 49.8 Å². The molecule has 1 saturated carbocycles. The Bertz CT molecular complexity index is 1800. The van der Waals surface area contributed by atoms with Gasteiger partial charge in [0.2, 0.25) is 5.95 Å². The molecule has 4 aromatic heterocycles. The van der Waals surface area contributed by atoms with Gasteiger partial charge in [0, 0.05) is 17.7 Å². The molecule has 0 radical (unpaired) electrons. The van der Waals surface area contributed by atoms with Gasteiger partial charge in [0.05, 0.1) is 19.3 Å². The molecule has 2 fully saturated rings. The molecule has 0 bridgehead atoms. The van der Waals surface area contributed by atoms with Crippen LogP contribution in [0.3, 0.4) is 0 Å². The Morgan fingerprint density at radius 3 is 2.66 bits per heavy atom. The monoisotopic (exact) mass is 671 g/mol. The Hall–Kier alpha value is -3.03. The highest BCUT2D eigenvalue weighted by Crippen LogP contribution is 2.44. The summed E-state index contributed by atoms with van der Waals surface area (Å²) in [6, 6.07) is 0.0999. The van der Waals surface area contributed by atoms with Crippen molar-refractivity contribution in [3.63, 3.8) is 0 Å². The van der Waals surface area contributed by atoms with Crippen molar-refractivity contribution in [3.8, 4) is 0 Å². The maximum absolute atomic E-state index is 13.2. The van der Waals surface area contributed by atoms with E-state index >= 15 is 0 Å². The first-order valence-corrected chi connectivity index (χ1v) is 17.0. The number of hydrogen-bond acceptors (Lipinski definition) is 15. The van der Waals surface area contributed by atoms with Gasteiger partial charge >= 0.3 is 15.0 Å². The van der Waals surface area contributed by atoms with E-state index in [0.717, 1.165) is 19.3 Å². The molecule has 1 aliphatic heterocycles. The number of hydrogen-bond donors (Lipinski definition) is 5. The van der Waals surface area contributed by atoms with Gasteiger partial charge in [-0.15, -0.1) is 9.05 Å². The maximum atomic E-state index is 13.2. The average Bonchev–Trinajstić information content (AvgIpc) is 3.75. The van der Waals surface area contributed by atoms with Crippen molar-refractivity contribution in [1.29, 1.82) is 0 Å². The molecule has 6 rings (SSSR count). The van der Waals surface area contributed by atoms with Gasteiger partial charge in [0.15, 0.2) is 35.0 Å². The van der Waals surface area contributed by atoms with Crippen LogP contribution in [0.15, 0.2) is 23.8 Å². The summed E-state index contributed by atoms with van der Waals surface area (Å²) in [6.07, 6.45) is 2.63. The third-order valence-electron chi connectivity index (χ3n) is 7.61. The molecule has 5 heterocycles. The number of fused-ring (bicyclic) bond motifs is 2. The normalized spacial score (nSPS) is 26.2. The second kappa shape index (κ2) is 12.4. The van der Waals surface area contributed by atoms with Crippen LogP contribution >= 0.6 is 15.0 Å². The minimum absolute atomic E-state index is 0.0207. The van der Waals surface area contributed by atoms with E-state index in [1.807, 2.05) is 4.57 Å². The number of nitrogen functional groups attached to an aromatic ring is 2. The van der Waals surface area contributed by atoms with Gasteiger partial charge in [-0.25, -0.2) is 19.9 Å². The van der Waals surface area contributed by atoms with Crippen LogP contribution in [-0.4, -0.2) is 87.5 Å². The lowest BCUT2D eigenvalue weighted by molar-refractivity contribution is -0.0499. The van der Waals surface area contributed by atoms with Gasteiger partial charge < -0.3 is 39.8 Å². The van der Waals surface area contributed by atoms with E-state index in [4.69, 9.17) is 34.5 Å². The molecule has 22 heteroatoms. The fraction of sp³-hybridized carbons (Fsp3) is 0.545. The van der Waals surface area contributed by atoms with Crippen LogP contribution in [0.25, 0.3) is 22.3 Å². The SMILES string of the molecule is CO[C@H]1[C@@H](O[P+](=O)OC[C@@H]2CC[C@H](n3cnc4c(N)ncnc43)C2)[C@H](n2cnc3c(=O)[nH]c(N)nc32)O[C@@H]1COP(O)(O)=S. The first-order chi connectivity index (χ1) is 21.0. The molecule has 1 aliphatic carbocycles. The lowest BCUT2D eigenvalue weighted by atomic mass is 10.1. The molecule has 7 N–H and O–H groups in total. The van der Waals surface area contributed by atoms with Crippen LogP contribution in [0, 0.1) is 5.92 Å². The predicted octanol–water partition coefficient (Wildman–Crippen LogP) is 0.662. The van der Waals surface area contributed by atoms with E-state index in [1.165, 1.54) is 24.3 Å². The lowest BCUT2D eigenvalue weighted by Crippen LogP contribution is -2.36. The average molecular weight is 672 g/mol. The summed E-state index contributed by atoms with van der Waals surface area (Å²) in [5.41, 5.74) is 12.3. The van der Waals surface area contributed by atoms with Gasteiger partial charge in [-0.05, 0) is 37.0 Å². The number of rotatable bonds is 11. The highest BCUT2D eigenvalue weighted by molar-refractivity contribution is 8.06. The van der Waals surface area contributed by atoms with Crippen molar-refractivity contribution in [2.75, 3.05) is 31.8 Å². The molecule has 2 aliphatic rings. The number of anilines is 2. The largest absolute Gasteiger partial charge is 0.697 e. The Kier molecular flexibility index (Phi) is 8.73. The molecule has 1 saturated heterocycles. The number of nitrogens with two attached hydrogens (primary N) is 2. The van der Waals surface area contributed by atoms with Crippen molar-refractivity contribution >= 4 is 60.9 Å². The topological polar surface area (TPSA) is 263 Å². The van der Waals surface area contributed by atoms with E-state index in [2.05, 4.69) is 41.7 Å². The number of aromatic amines is 1. The fourth-order valence-corrected chi connectivity index (χ4v) is 6.99. The minimum Gasteiger partial charge on any atom is -0.382 e. The molecule has 0 amide bonds. The molecule has 0 aromatic carbocycles. The number of methoxy groups -OCH3 is 1. The molecular weight excluding hydrogens is 642 g/mol. The molecule has 19 nitrogen and oxygen atoms in total. The van der Waals surface area contributed by atoms with Gasteiger partial charge in [0.25, 0.3) is 5.56 Å². The van der Waals surface area contributed by atoms with Crippen LogP contribution in [0.2, 0.25) is 0 Å². The number of ether oxygens (including phenoxy) is 2. The number of aromatic nitrogens is 8. The number of nitrogens with one attached hydrogen (secondary N) is 1. The van der Waals surface area contributed by atoms with Gasteiger partial charge in [-0.2, -0.15) is 4.98 Å². The molecule has 4 aromatic rings. The van der Waals surface area contributed by atoms with Crippen LogP contribution in [-0.2, 0) is 39.4 Å². The van der Waals surface area contributed by atoms with Crippen LogP contribution in [0.5, 0.6) is 0 Å². The zero-order valence-corrected chi connectivity index (χ0v) is 25.7. The van der Waals surface area contributed by atoms with Gasteiger partial charge in [0.1, 0.15) is 30.7 Å². The first-order valence-electron chi connectivity index (χ1n) is 13.3. The highest BCUT2D eigenvalue weighted by Gasteiger charge is 2.53. The summed E-state index contributed by atoms with van der Waals surface area (Å²) in [6.45, 7) is -4.27. The van der Waals surface area contributed by atoms with Crippen LogP contribution < -0.4 is 17.0 Å². The van der Waals surface area contributed by atoms with E-state index < -0.39 is 45.1 Å². The van der Waals surface area contributed by atoms with E-state index in [0.29, 0.717) is 17.0 Å². The number of imidazole rings is 2. The van der Waals surface area contributed by atoms with E-state index in [9.17, 15) is 19.1 Å². The molecular formula is C22H29N10O9P2S+. The fourth-order valence-electron chi connectivity index (χ4n) is 5.65. The lowest BCUT2D eigenvalue weighted by Gasteiger charge is -2.19. The first kappa shape index (κ1) is 31.0. The van der Waals surface area contributed by atoms with Crippen molar-refractivity contribution in [1.82, 2.24) is 39.0 Å². The summed E-state index contributed by atoms with van der Waals surface area (Å²) in [5, 5.41) is 0. The summed E-state index contributed by atoms with van der Waals surface area (Å²) in [7, 11) is -1.34. The molecule has 0 spiro atoms. The molecule has 44 heavy (non-hydrogen) atoms. The summed E-state index contributed by atoms with van der Waals surface area (Å²) < 4.78 is 44.7. The highest BCUT2D eigenvalue weighted by atomic mass is 32.5. The summed E-state index contributed by atoms with van der Waals surface area (Å²) in [4.78, 5) is 54.8. The zero-order chi connectivity index (χ0) is 31.2. The van der Waals surface area contributed by atoms with Crippen molar-refractivity contribution in [2.24, 2.45) is 5.92 Å². The Labute approximate surface area is 254 Å². The number of nitrogens with zero attached hydrogens (tertiary/aromatic N) is 7. The summed E-state index contributed by atoms with van der Waals surface area (Å²) >= 11 is 4.56. The summed E-state index contributed by atoms with van der Waals surface area (Å²) in [5.74, 6) is 0.225. The quantitative estimate of drug-likeness (QED) is 0.137. The standard InChI is InChI=1S/C22H28N10O9P2S/c1-37-15-12(6-39-43(35,36)44)40-21(32-9-28-14-19(32)29-22(24)30-20(14)33)16(15)41-42(34)38-5-10-2-3-11(4-10)31-8-27-13-17(23)25-7-26-18(13)31/h7-12,15-16,21H,2-6H2,1H3,(H6-,23,24,25,26,29,30,33,35,36,44)/p+1/t10-,11+,12-,15-,16-,21-/m1/s1. The molecule has 1 unspecified atom stereocenters. The Balaban J connectivity index is 1.16. The molecule has 7 atom stereocenters. The van der Waals surface area contributed by atoms with E-state index in [1.54, 1.807) is 6.33 Å². The van der Waals surface area contributed by atoms with Gasteiger partial charge in [-0.1, -0.05) is 0 Å². The molecule has 236 valence electrons. The van der Waals surface area contributed by atoms with Gasteiger partial charge in [-0.3, -0.25) is 14.3 Å². The maximum Gasteiger partial charge on any atom is 0.697 e. The van der Waals surface area contributed by atoms with Crippen molar-refractivity contribution in [3.05, 3.63) is 29.3 Å². The Morgan fingerprint density at radius 1 is 1.11 bits per heavy atom. The zero-order valence-electron chi connectivity index (χ0n) is 23.1. The van der Waals surface area contributed by atoms with Crippen LogP contribution in [0.1, 0.15) is 31.5 Å². The second-order valence-corrected chi connectivity index (χ2v) is 13.9. The third-order valence-corrected chi connectivity index (χ3v) is 9.18. The predicted molar refractivity (Wildman–Crippen MR) is 156 cm³/mol. The smallest absolute Gasteiger partial charge is 0.382 e. The van der Waals surface area contributed by atoms with Crippen LogP contribution in [0.4, 0.5) is 11.8 Å². The minimum atomic E-state index is -4.03. The second-order valence-electron chi connectivity index (χ2n) is 10.3. The Morgan fingerprint density at radius 2 is 1.89 bits per heavy atom. The third kappa shape index (κ3) is 6.23.